The lowest BCUT2D eigenvalue weighted by Crippen LogP contribution is -2.35. The maximum atomic E-state index is 12.9. The van der Waals surface area contributed by atoms with E-state index in [0.29, 0.717) is 5.56 Å². The molecular weight excluding hydrogens is 342 g/mol. The Morgan fingerprint density at radius 1 is 0.960 bits per heavy atom. The van der Waals surface area contributed by atoms with E-state index in [9.17, 15) is 18.0 Å². The summed E-state index contributed by atoms with van der Waals surface area (Å²) in [5.74, 6) is -1.25. The van der Waals surface area contributed by atoms with E-state index in [1.807, 2.05) is 0 Å². The molecule has 0 saturated heterocycles. The minimum Gasteiger partial charge on any atom is -0.424 e. The average molecular weight is 357 g/mol. The van der Waals surface area contributed by atoms with E-state index >= 15 is 0 Å². The van der Waals surface area contributed by atoms with Gasteiger partial charge in [0.25, 0.3) is 10.0 Å². The summed E-state index contributed by atoms with van der Waals surface area (Å²) in [6.45, 7) is 1.20. The van der Waals surface area contributed by atoms with Gasteiger partial charge in [-0.25, -0.2) is 8.42 Å². The number of esters is 1. The van der Waals surface area contributed by atoms with Crippen molar-refractivity contribution in [1.29, 1.82) is 0 Å². The third kappa shape index (κ3) is 2.83. The van der Waals surface area contributed by atoms with Gasteiger partial charge in [-0.05, 0) is 12.1 Å². The first-order valence-electron chi connectivity index (χ1n) is 7.45. The van der Waals surface area contributed by atoms with Crippen LogP contribution < -0.4 is 0 Å². The fourth-order valence-electron chi connectivity index (χ4n) is 2.64. The number of rotatable bonds is 3. The quantitative estimate of drug-likeness (QED) is 0.622. The number of allylic oxidation sites excluding steroid dienone is 1. The summed E-state index contributed by atoms with van der Waals surface area (Å²) >= 11 is 0. The smallest absolute Gasteiger partial charge is 0.308 e. The lowest BCUT2D eigenvalue weighted by molar-refractivity contribution is -0.134. The third-order valence-corrected chi connectivity index (χ3v) is 5.61. The minimum absolute atomic E-state index is 0.0154. The second-order valence-electron chi connectivity index (χ2n) is 5.44. The molecular formula is C18H15NO5S. The highest BCUT2D eigenvalue weighted by atomic mass is 32.2. The van der Waals surface area contributed by atoms with Crippen LogP contribution in [0.3, 0.4) is 0 Å². The number of carbonyl (C=O) groups excluding carboxylic acids is 2. The number of ketones is 1. The Morgan fingerprint density at radius 3 is 2.20 bits per heavy atom. The van der Waals surface area contributed by atoms with E-state index in [4.69, 9.17) is 4.74 Å². The Balaban J connectivity index is 2.32. The number of likely N-dealkylation sites (N-methyl/N-ethyl adjacent to an activating group) is 1. The lowest BCUT2D eigenvalue weighted by Gasteiger charge is -2.29. The fraction of sp³-hybridized carbons (Fsp3) is 0.111. The van der Waals surface area contributed by atoms with Gasteiger partial charge in [0, 0.05) is 25.1 Å². The molecule has 0 N–H and O–H groups in total. The second kappa shape index (κ2) is 6.18. The van der Waals surface area contributed by atoms with Crippen LogP contribution in [-0.4, -0.2) is 31.5 Å². The zero-order chi connectivity index (χ0) is 18.2. The second-order valence-corrected chi connectivity index (χ2v) is 7.37. The minimum atomic E-state index is -3.93. The molecule has 0 unspecified atom stereocenters. The number of nitrogens with zero attached hydrogens (tertiary/aromatic N) is 1. The van der Waals surface area contributed by atoms with Crippen LogP contribution in [0.2, 0.25) is 0 Å². The molecule has 25 heavy (non-hydrogen) atoms. The molecule has 0 spiro atoms. The van der Waals surface area contributed by atoms with Gasteiger partial charge in [-0.1, -0.05) is 42.5 Å². The number of ether oxygens (including phenoxy) is 1. The highest BCUT2D eigenvalue weighted by Crippen LogP contribution is 2.37. The number of hydrogen-bond acceptors (Lipinski definition) is 5. The van der Waals surface area contributed by atoms with Gasteiger partial charge >= 0.3 is 5.97 Å². The van der Waals surface area contributed by atoms with Crippen LogP contribution in [0.5, 0.6) is 0 Å². The van der Waals surface area contributed by atoms with Crippen LogP contribution in [0.1, 0.15) is 22.8 Å². The van der Waals surface area contributed by atoms with Crippen molar-refractivity contribution in [3.63, 3.8) is 0 Å². The molecule has 2 aromatic carbocycles. The van der Waals surface area contributed by atoms with Crippen LogP contribution in [0.15, 0.2) is 65.2 Å². The van der Waals surface area contributed by atoms with Crippen molar-refractivity contribution < 1.29 is 22.7 Å². The zero-order valence-electron chi connectivity index (χ0n) is 13.6. The molecule has 3 rings (SSSR count). The van der Waals surface area contributed by atoms with Crippen molar-refractivity contribution in [3.05, 3.63) is 71.4 Å². The zero-order valence-corrected chi connectivity index (χ0v) is 14.4. The molecule has 0 fully saturated rings. The lowest BCUT2D eigenvalue weighted by atomic mass is 10.0. The Bertz CT molecular complexity index is 993. The van der Waals surface area contributed by atoms with Crippen LogP contribution in [-0.2, 0) is 19.6 Å². The van der Waals surface area contributed by atoms with Gasteiger partial charge in [-0.3, -0.25) is 13.9 Å². The molecule has 1 aliphatic rings. The van der Waals surface area contributed by atoms with Gasteiger partial charge in [0.1, 0.15) is 5.70 Å². The monoisotopic (exact) mass is 357 g/mol. The number of Topliss-reactive ketones (excluding diaryl/α,β-unsaturated/α-hetero) is 1. The molecule has 128 valence electrons. The van der Waals surface area contributed by atoms with Crippen LogP contribution in [0, 0.1) is 0 Å². The third-order valence-electron chi connectivity index (χ3n) is 3.80. The molecule has 1 heterocycles. The summed E-state index contributed by atoms with van der Waals surface area (Å²) in [4.78, 5) is 24.5. The highest BCUT2D eigenvalue weighted by molar-refractivity contribution is 7.89. The van der Waals surface area contributed by atoms with E-state index in [1.54, 1.807) is 42.5 Å². The van der Waals surface area contributed by atoms with Crippen LogP contribution >= 0.6 is 0 Å². The van der Waals surface area contributed by atoms with E-state index < -0.39 is 21.8 Å². The van der Waals surface area contributed by atoms with Crippen molar-refractivity contribution in [2.45, 2.75) is 11.8 Å². The van der Waals surface area contributed by atoms with Crippen LogP contribution in [0.25, 0.3) is 5.76 Å². The predicted molar refractivity (Wildman–Crippen MR) is 90.8 cm³/mol. The van der Waals surface area contributed by atoms with Crippen molar-refractivity contribution in [1.82, 2.24) is 4.31 Å². The normalized spacial score (nSPS) is 15.5. The predicted octanol–water partition coefficient (Wildman–Crippen LogP) is 2.44. The maximum Gasteiger partial charge on any atom is 0.308 e. The Hall–Kier alpha value is -2.93. The van der Waals surface area contributed by atoms with Gasteiger partial charge in [0.2, 0.25) is 5.78 Å². The van der Waals surface area contributed by atoms with Crippen molar-refractivity contribution in [3.8, 4) is 0 Å². The SMILES string of the molecule is CC(=O)OC1=C(C(=O)c2ccccc2)N(C)S(=O)(=O)c2ccccc21. The average Bonchev–Trinajstić information content (AvgIpc) is 2.60. The topological polar surface area (TPSA) is 80.8 Å². The van der Waals surface area contributed by atoms with E-state index in [1.165, 1.54) is 26.1 Å². The number of hydrogen-bond donors (Lipinski definition) is 0. The summed E-state index contributed by atoms with van der Waals surface area (Å²) < 4.78 is 31.7. The summed E-state index contributed by atoms with van der Waals surface area (Å²) in [6, 6.07) is 14.3. The van der Waals surface area contributed by atoms with Gasteiger partial charge in [0.05, 0.1) is 4.90 Å². The van der Waals surface area contributed by atoms with Gasteiger partial charge in [-0.2, -0.15) is 0 Å². The molecule has 0 aliphatic carbocycles. The first-order chi connectivity index (χ1) is 11.8. The standard InChI is InChI=1S/C18H15NO5S/c1-12(20)24-18-14-10-6-7-11-15(14)25(22,23)19(2)16(18)17(21)13-8-4-3-5-9-13/h3-11H,1-2H3. The summed E-state index contributed by atoms with van der Waals surface area (Å²) in [7, 11) is -2.66. The molecule has 6 nitrogen and oxygen atoms in total. The van der Waals surface area contributed by atoms with E-state index in [-0.39, 0.29) is 21.9 Å². The van der Waals surface area contributed by atoms with E-state index in [2.05, 4.69) is 0 Å². The van der Waals surface area contributed by atoms with Gasteiger partial charge in [-0.15, -0.1) is 0 Å². The maximum absolute atomic E-state index is 12.9. The molecule has 0 bridgehead atoms. The fourth-order valence-corrected chi connectivity index (χ4v) is 4.03. The van der Waals surface area contributed by atoms with E-state index in [0.717, 1.165) is 4.31 Å². The molecule has 0 atom stereocenters. The van der Waals surface area contributed by atoms with Crippen LogP contribution in [0.4, 0.5) is 0 Å². The molecule has 0 amide bonds. The first-order valence-corrected chi connectivity index (χ1v) is 8.89. The Labute approximate surface area is 145 Å². The van der Waals surface area contributed by atoms with Gasteiger partial charge < -0.3 is 4.74 Å². The molecule has 0 saturated carbocycles. The molecule has 0 radical (unpaired) electrons. The van der Waals surface area contributed by atoms with Crippen molar-refractivity contribution >= 4 is 27.5 Å². The highest BCUT2D eigenvalue weighted by Gasteiger charge is 2.39. The number of benzene rings is 2. The van der Waals surface area contributed by atoms with Crippen molar-refractivity contribution in [2.75, 3.05) is 7.05 Å². The summed E-state index contributed by atoms with van der Waals surface area (Å²) in [6.07, 6.45) is 0. The first kappa shape index (κ1) is 16.9. The Kier molecular flexibility index (Phi) is 4.18. The summed E-state index contributed by atoms with van der Waals surface area (Å²) in [5.41, 5.74) is 0.291. The Morgan fingerprint density at radius 2 is 1.56 bits per heavy atom. The molecule has 7 heteroatoms. The molecule has 0 aromatic heterocycles. The number of fused-ring (bicyclic) bond motifs is 1. The number of carbonyl (C=O) groups is 2. The molecule has 2 aromatic rings. The number of sulfonamides is 1. The summed E-state index contributed by atoms with van der Waals surface area (Å²) in [5, 5.41) is 0. The molecule has 1 aliphatic heterocycles. The van der Waals surface area contributed by atoms with Crippen molar-refractivity contribution in [2.24, 2.45) is 0 Å². The van der Waals surface area contributed by atoms with Gasteiger partial charge in [0.15, 0.2) is 5.76 Å². The largest absolute Gasteiger partial charge is 0.424 e.